The number of rotatable bonds is 8. The smallest absolute Gasteiger partial charge is 0.191 e. The van der Waals surface area contributed by atoms with Crippen LogP contribution < -0.4 is 10.6 Å². The Morgan fingerprint density at radius 3 is 2.17 bits per heavy atom. The molecule has 5 heteroatoms. The van der Waals surface area contributed by atoms with E-state index in [-0.39, 0.29) is 30.1 Å². The summed E-state index contributed by atoms with van der Waals surface area (Å²) in [4.78, 5) is 4.24. The van der Waals surface area contributed by atoms with Gasteiger partial charge < -0.3 is 15.4 Å². The maximum absolute atomic E-state index is 5.60. The van der Waals surface area contributed by atoms with E-state index in [1.807, 2.05) is 0 Å². The number of halogens is 1. The molecule has 0 atom stereocenters. The molecule has 0 heterocycles. The third kappa shape index (κ3) is 10.5. The van der Waals surface area contributed by atoms with E-state index in [0.717, 1.165) is 25.5 Å². The third-order valence-corrected chi connectivity index (χ3v) is 3.30. The van der Waals surface area contributed by atoms with Crippen LogP contribution in [0.25, 0.3) is 0 Å². The highest BCUT2D eigenvalue weighted by Gasteiger charge is 2.01. The van der Waals surface area contributed by atoms with E-state index in [4.69, 9.17) is 4.74 Å². The average Bonchev–Trinajstić information content (AvgIpc) is 2.49. The molecule has 0 saturated heterocycles. The molecular formula is C18H32IN3O. The number of hydrogen-bond acceptors (Lipinski definition) is 2. The molecule has 0 aromatic heterocycles. The van der Waals surface area contributed by atoms with Crippen LogP contribution in [0, 0.1) is 5.92 Å². The van der Waals surface area contributed by atoms with Gasteiger partial charge in [0.15, 0.2) is 5.96 Å². The number of nitrogens with one attached hydrogen (secondary N) is 2. The van der Waals surface area contributed by atoms with Gasteiger partial charge in [-0.1, -0.05) is 38.1 Å². The Kier molecular flexibility index (Phi) is 12.1. The number of hydrogen-bond donors (Lipinski definition) is 2. The van der Waals surface area contributed by atoms with Crippen LogP contribution in [-0.2, 0) is 17.9 Å². The van der Waals surface area contributed by atoms with Gasteiger partial charge >= 0.3 is 0 Å². The molecule has 0 bridgehead atoms. The molecule has 23 heavy (non-hydrogen) atoms. The summed E-state index contributed by atoms with van der Waals surface area (Å²) in [7, 11) is 1.80. The quantitative estimate of drug-likeness (QED) is 0.371. The van der Waals surface area contributed by atoms with Gasteiger partial charge in [-0.3, -0.25) is 4.99 Å². The molecule has 132 valence electrons. The Morgan fingerprint density at radius 2 is 1.65 bits per heavy atom. The summed E-state index contributed by atoms with van der Waals surface area (Å²) in [5, 5.41) is 6.67. The first kappa shape index (κ1) is 22.2. The van der Waals surface area contributed by atoms with Crippen molar-refractivity contribution in [1.82, 2.24) is 10.6 Å². The van der Waals surface area contributed by atoms with Crippen LogP contribution in [0.4, 0.5) is 0 Å². The maximum atomic E-state index is 5.60. The lowest BCUT2D eigenvalue weighted by molar-refractivity contribution is 0.0657. The van der Waals surface area contributed by atoms with Gasteiger partial charge in [0.1, 0.15) is 0 Å². The fourth-order valence-electron chi connectivity index (χ4n) is 1.90. The van der Waals surface area contributed by atoms with Gasteiger partial charge in [-0.15, -0.1) is 24.0 Å². The van der Waals surface area contributed by atoms with Crippen molar-refractivity contribution in [2.75, 3.05) is 13.6 Å². The van der Waals surface area contributed by atoms with Crippen molar-refractivity contribution in [1.29, 1.82) is 0 Å². The first-order valence-electron chi connectivity index (χ1n) is 8.15. The van der Waals surface area contributed by atoms with Gasteiger partial charge in [0.05, 0.1) is 12.7 Å². The second-order valence-corrected chi connectivity index (χ2v) is 6.21. The van der Waals surface area contributed by atoms with Crippen molar-refractivity contribution in [3.05, 3.63) is 35.4 Å². The minimum absolute atomic E-state index is 0. The van der Waals surface area contributed by atoms with E-state index in [9.17, 15) is 0 Å². The number of ether oxygens (including phenoxy) is 1. The Labute approximate surface area is 158 Å². The van der Waals surface area contributed by atoms with Gasteiger partial charge in [-0.2, -0.15) is 0 Å². The molecule has 0 aliphatic carbocycles. The molecule has 2 N–H and O–H groups in total. The molecule has 0 amide bonds. The van der Waals surface area contributed by atoms with Crippen molar-refractivity contribution in [3.63, 3.8) is 0 Å². The molecule has 0 fully saturated rings. The topological polar surface area (TPSA) is 45.7 Å². The summed E-state index contributed by atoms with van der Waals surface area (Å²) >= 11 is 0. The monoisotopic (exact) mass is 433 g/mol. The van der Waals surface area contributed by atoms with Crippen LogP contribution in [0.15, 0.2) is 29.3 Å². The van der Waals surface area contributed by atoms with Crippen molar-refractivity contribution in [2.24, 2.45) is 10.9 Å². The summed E-state index contributed by atoms with van der Waals surface area (Å²) in [5.41, 5.74) is 2.44. The number of benzene rings is 1. The van der Waals surface area contributed by atoms with Crippen molar-refractivity contribution in [2.45, 2.75) is 53.4 Å². The normalized spacial score (nSPS) is 11.5. The Morgan fingerprint density at radius 1 is 1.04 bits per heavy atom. The van der Waals surface area contributed by atoms with E-state index >= 15 is 0 Å². The maximum Gasteiger partial charge on any atom is 0.191 e. The van der Waals surface area contributed by atoms with Crippen LogP contribution in [0.3, 0.4) is 0 Å². The minimum atomic E-state index is 0. The lowest BCUT2D eigenvalue weighted by atomic mass is 10.1. The van der Waals surface area contributed by atoms with E-state index in [1.165, 1.54) is 11.1 Å². The minimum Gasteiger partial charge on any atom is -0.374 e. The van der Waals surface area contributed by atoms with Crippen LogP contribution in [0.1, 0.15) is 45.2 Å². The molecule has 0 unspecified atom stereocenters. The standard InChI is InChI=1S/C18H31N3O.HI/c1-14(2)10-11-20-18(19-5)21-12-16-6-8-17(9-7-16)13-22-15(3)4;/h6-9,14-15H,10-13H2,1-5H3,(H2,19,20,21);1H. The molecule has 0 aliphatic heterocycles. The predicted octanol–water partition coefficient (Wildman–Crippen LogP) is 3.94. The zero-order chi connectivity index (χ0) is 16.4. The average molecular weight is 433 g/mol. The molecule has 0 saturated carbocycles. The Balaban J connectivity index is 0.00000484. The molecule has 1 aromatic rings. The molecule has 0 aliphatic rings. The largest absolute Gasteiger partial charge is 0.374 e. The molecule has 4 nitrogen and oxygen atoms in total. The van der Waals surface area contributed by atoms with Crippen molar-refractivity contribution < 1.29 is 4.74 Å². The highest BCUT2D eigenvalue weighted by Crippen LogP contribution is 2.07. The van der Waals surface area contributed by atoms with E-state index in [0.29, 0.717) is 12.5 Å². The number of guanidine groups is 1. The SMILES string of the molecule is CN=C(NCCC(C)C)NCc1ccc(COC(C)C)cc1.I. The van der Waals surface area contributed by atoms with Crippen LogP contribution >= 0.6 is 24.0 Å². The van der Waals surface area contributed by atoms with Gasteiger partial charge in [0.2, 0.25) is 0 Å². The first-order chi connectivity index (χ1) is 10.5. The Hall–Kier alpha value is -0.820. The molecule has 1 rings (SSSR count). The van der Waals surface area contributed by atoms with E-state index < -0.39 is 0 Å². The fourth-order valence-corrected chi connectivity index (χ4v) is 1.90. The third-order valence-electron chi connectivity index (χ3n) is 3.30. The summed E-state index contributed by atoms with van der Waals surface area (Å²) in [6.45, 7) is 10.9. The highest BCUT2D eigenvalue weighted by molar-refractivity contribution is 14.0. The lowest BCUT2D eigenvalue weighted by Crippen LogP contribution is -2.37. The number of aliphatic imine (C=N–C) groups is 1. The fraction of sp³-hybridized carbons (Fsp3) is 0.611. The van der Waals surface area contributed by atoms with Crippen molar-refractivity contribution >= 4 is 29.9 Å². The second-order valence-electron chi connectivity index (χ2n) is 6.21. The molecule has 0 radical (unpaired) electrons. The molecular weight excluding hydrogens is 401 g/mol. The van der Waals surface area contributed by atoms with Gasteiger partial charge in [-0.25, -0.2) is 0 Å². The van der Waals surface area contributed by atoms with Crippen LogP contribution in [0.5, 0.6) is 0 Å². The second kappa shape index (κ2) is 12.6. The summed E-state index contributed by atoms with van der Waals surface area (Å²) in [6, 6.07) is 8.50. The zero-order valence-corrected chi connectivity index (χ0v) is 17.4. The Bertz CT molecular complexity index is 444. The van der Waals surface area contributed by atoms with Gasteiger partial charge in [-0.05, 0) is 37.3 Å². The first-order valence-corrected chi connectivity index (χ1v) is 8.15. The van der Waals surface area contributed by atoms with E-state index in [2.05, 4.69) is 67.6 Å². The van der Waals surface area contributed by atoms with Gasteiger partial charge in [0, 0.05) is 20.1 Å². The summed E-state index contributed by atoms with van der Waals surface area (Å²) < 4.78 is 5.60. The van der Waals surface area contributed by atoms with E-state index in [1.54, 1.807) is 7.05 Å². The predicted molar refractivity (Wildman–Crippen MR) is 109 cm³/mol. The molecule has 0 spiro atoms. The number of nitrogens with zero attached hydrogens (tertiary/aromatic N) is 1. The highest BCUT2D eigenvalue weighted by atomic mass is 127. The van der Waals surface area contributed by atoms with Gasteiger partial charge in [0.25, 0.3) is 0 Å². The van der Waals surface area contributed by atoms with Crippen LogP contribution in [0.2, 0.25) is 0 Å². The zero-order valence-electron chi connectivity index (χ0n) is 15.1. The summed E-state index contributed by atoms with van der Waals surface area (Å²) in [6.07, 6.45) is 1.41. The lowest BCUT2D eigenvalue weighted by Gasteiger charge is -2.13. The van der Waals surface area contributed by atoms with Crippen molar-refractivity contribution in [3.8, 4) is 0 Å². The summed E-state index contributed by atoms with van der Waals surface area (Å²) in [5.74, 6) is 1.55. The van der Waals surface area contributed by atoms with Crippen LogP contribution in [-0.4, -0.2) is 25.7 Å². The molecule has 1 aromatic carbocycles.